The van der Waals surface area contributed by atoms with Gasteiger partial charge in [-0.3, -0.25) is 0 Å². The van der Waals surface area contributed by atoms with Gasteiger partial charge >= 0.3 is 0 Å². The van der Waals surface area contributed by atoms with E-state index in [1.54, 1.807) is 0 Å². The molecule has 0 radical (unpaired) electrons. The molecule has 0 bridgehead atoms. The van der Waals surface area contributed by atoms with Crippen molar-refractivity contribution in [2.24, 2.45) is 0 Å². The highest BCUT2D eigenvalue weighted by Gasteiger charge is 2.22. The normalized spacial score (nSPS) is 11.9. The number of allylic oxidation sites excluding steroid dienone is 2. The summed E-state index contributed by atoms with van der Waals surface area (Å²) in [5, 5.41) is 7.91. The van der Waals surface area contributed by atoms with Gasteiger partial charge in [0.1, 0.15) is 0 Å². The molecule has 0 saturated heterocycles. The van der Waals surface area contributed by atoms with E-state index >= 15 is 0 Å². The van der Waals surface area contributed by atoms with E-state index in [0.717, 1.165) is 0 Å². The highest BCUT2D eigenvalue weighted by atomic mass is 14.3. The number of rotatable bonds is 3. The topological polar surface area (TPSA) is 0 Å². The van der Waals surface area contributed by atoms with E-state index in [2.05, 4.69) is 179 Å². The first-order valence-electron chi connectivity index (χ1n) is 16.2. The molecule has 0 aromatic heterocycles. The van der Waals surface area contributed by atoms with Gasteiger partial charge in [0.15, 0.2) is 0 Å². The molecule has 0 atom stereocenters. The number of aryl methyl sites for hydroxylation is 2. The largest absolute Gasteiger partial charge is 0.120 e. The van der Waals surface area contributed by atoms with Gasteiger partial charge in [-0.05, 0) is 114 Å². The van der Waals surface area contributed by atoms with Crippen LogP contribution in [0, 0.1) is 13.8 Å². The number of benzene rings is 7. The van der Waals surface area contributed by atoms with Gasteiger partial charge in [0, 0.05) is 0 Å². The van der Waals surface area contributed by atoms with Crippen LogP contribution in [0.3, 0.4) is 0 Å². The second kappa shape index (κ2) is 12.5. The standard InChI is InChI=1S/C29H24.C17H14/c1-19(2)27-24-15-5-4-6-16-25(24)28-23-14-10-8-12-21(23)17-18-26(28)29(27)22-13-9-7-11-20(22)3;1-13-11-12-16(14-7-3-2-4-8-14)17-10-6-5-9-15(13)17/h4-5,7-19H,1-3H3;2-12H,1H3. The van der Waals surface area contributed by atoms with Crippen molar-refractivity contribution in [1.29, 1.82) is 0 Å². The fraction of sp³-hybridized carbons (Fsp3) is 0.109. The Morgan fingerprint density at radius 3 is 2.00 bits per heavy atom. The monoisotopic (exact) mass is 590 g/mol. The number of hydrogen-bond acceptors (Lipinski definition) is 0. The summed E-state index contributed by atoms with van der Waals surface area (Å²) in [5.41, 5.74) is 15.3. The van der Waals surface area contributed by atoms with Gasteiger partial charge in [0.05, 0.1) is 0 Å². The lowest BCUT2D eigenvalue weighted by atomic mass is 9.79. The Labute approximate surface area is 272 Å². The van der Waals surface area contributed by atoms with Gasteiger partial charge in [0.25, 0.3) is 0 Å². The van der Waals surface area contributed by atoms with Crippen molar-refractivity contribution in [2.75, 3.05) is 0 Å². The Morgan fingerprint density at radius 2 is 1.22 bits per heavy atom. The van der Waals surface area contributed by atoms with E-state index in [9.17, 15) is 0 Å². The molecule has 7 aromatic rings. The molecule has 0 nitrogen and oxygen atoms in total. The van der Waals surface area contributed by atoms with E-state index in [1.807, 2.05) is 6.08 Å². The maximum Gasteiger partial charge on any atom is -0.00141 e. The molecule has 46 heavy (non-hydrogen) atoms. The molecule has 0 heterocycles. The highest BCUT2D eigenvalue weighted by Crippen LogP contribution is 2.45. The SMILES string of the molecule is Cc1ccc(-c2ccccc2)c2ccccc12.Cc1ccccc1-c1c(C(C)C)c2c(c3c1ccc1ccccc13)C=C=CC=C2. The van der Waals surface area contributed by atoms with Crippen LogP contribution in [0.2, 0.25) is 0 Å². The molecule has 0 saturated carbocycles. The minimum absolute atomic E-state index is 0.408. The Kier molecular flexibility index (Phi) is 7.98. The van der Waals surface area contributed by atoms with Crippen LogP contribution < -0.4 is 0 Å². The van der Waals surface area contributed by atoms with E-state index in [-0.39, 0.29) is 0 Å². The van der Waals surface area contributed by atoms with Crippen molar-refractivity contribution in [1.82, 2.24) is 0 Å². The molecule has 0 heteroatoms. The smallest absolute Gasteiger partial charge is 0.00141 e. The highest BCUT2D eigenvalue weighted by molar-refractivity contribution is 6.18. The predicted molar refractivity (Wildman–Crippen MR) is 201 cm³/mol. The van der Waals surface area contributed by atoms with Crippen molar-refractivity contribution in [2.45, 2.75) is 33.6 Å². The minimum atomic E-state index is 0.408. The molecule has 222 valence electrons. The molecular formula is C46H38. The fourth-order valence-electron chi connectivity index (χ4n) is 7.05. The van der Waals surface area contributed by atoms with E-state index in [1.165, 1.54) is 82.4 Å². The summed E-state index contributed by atoms with van der Waals surface area (Å²) >= 11 is 0. The van der Waals surface area contributed by atoms with Crippen molar-refractivity contribution >= 4 is 44.5 Å². The van der Waals surface area contributed by atoms with Crippen LogP contribution in [0.15, 0.2) is 145 Å². The Morgan fingerprint density at radius 1 is 0.522 bits per heavy atom. The van der Waals surface area contributed by atoms with Crippen LogP contribution in [-0.4, -0.2) is 0 Å². The first-order chi connectivity index (χ1) is 22.5. The third-order valence-corrected chi connectivity index (χ3v) is 9.22. The third-order valence-electron chi connectivity index (χ3n) is 9.22. The first kappa shape index (κ1) is 29.3. The lowest BCUT2D eigenvalue weighted by Gasteiger charge is -2.24. The quantitative estimate of drug-likeness (QED) is 0.142. The summed E-state index contributed by atoms with van der Waals surface area (Å²) in [7, 11) is 0. The molecular weight excluding hydrogens is 553 g/mol. The Balaban J connectivity index is 0.000000169. The van der Waals surface area contributed by atoms with Crippen LogP contribution >= 0.6 is 0 Å². The zero-order valence-electron chi connectivity index (χ0n) is 27.0. The van der Waals surface area contributed by atoms with Crippen molar-refractivity contribution in [3.8, 4) is 22.3 Å². The van der Waals surface area contributed by atoms with Gasteiger partial charge < -0.3 is 0 Å². The number of fused-ring (bicyclic) bond motifs is 6. The average molecular weight is 591 g/mol. The molecule has 8 rings (SSSR count). The van der Waals surface area contributed by atoms with Crippen LogP contribution in [-0.2, 0) is 0 Å². The zero-order valence-corrected chi connectivity index (χ0v) is 27.0. The Bertz CT molecular complexity index is 2320. The first-order valence-corrected chi connectivity index (χ1v) is 16.2. The van der Waals surface area contributed by atoms with Gasteiger partial charge in [-0.15, -0.1) is 5.73 Å². The lowest BCUT2D eigenvalue weighted by molar-refractivity contribution is 0.867. The molecule has 7 aromatic carbocycles. The van der Waals surface area contributed by atoms with Crippen molar-refractivity contribution in [3.63, 3.8) is 0 Å². The fourth-order valence-corrected chi connectivity index (χ4v) is 7.05. The van der Waals surface area contributed by atoms with Crippen molar-refractivity contribution in [3.05, 3.63) is 173 Å². The van der Waals surface area contributed by atoms with E-state index in [0.29, 0.717) is 5.92 Å². The summed E-state index contributed by atoms with van der Waals surface area (Å²) in [6.07, 6.45) is 8.56. The van der Waals surface area contributed by atoms with Gasteiger partial charge in [-0.1, -0.05) is 153 Å². The van der Waals surface area contributed by atoms with Gasteiger partial charge in [-0.25, -0.2) is 0 Å². The molecule has 0 spiro atoms. The molecule has 0 fully saturated rings. The van der Waals surface area contributed by atoms with Crippen LogP contribution in [0.5, 0.6) is 0 Å². The second-order valence-corrected chi connectivity index (χ2v) is 12.5. The zero-order chi connectivity index (χ0) is 31.6. The summed E-state index contributed by atoms with van der Waals surface area (Å²) in [6, 6.07) is 45.6. The van der Waals surface area contributed by atoms with E-state index in [4.69, 9.17) is 0 Å². The number of hydrogen-bond donors (Lipinski definition) is 0. The maximum absolute atomic E-state index is 3.36. The van der Waals surface area contributed by atoms with Crippen LogP contribution in [0.1, 0.15) is 47.6 Å². The molecule has 1 aliphatic carbocycles. The van der Waals surface area contributed by atoms with Gasteiger partial charge in [-0.2, -0.15) is 0 Å². The molecule has 0 amide bonds. The second-order valence-electron chi connectivity index (χ2n) is 12.5. The van der Waals surface area contributed by atoms with E-state index < -0.39 is 0 Å². The molecule has 0 unspecified atom stereocenters. The van der Waals surface area contributed by atoms with Crippen molar-refractivity contribution < 1.29 is 0 Å². The molecule has 1 aliphatic rings. The third kappa shape index (κ3) is 5.28. The maximum atomic E-state index is 3.36. The van der Waals surface area contributed by atoms with Crippen LogP contribution in [0.25, 0.3) is 66.7 Å². The summed E-state index contributed by atoms with van der Waals surface area (Å²) in [4.78, 5) is 0. The predicted octanol–water partition coefficient (Wildman–Crippen LogP) is 13.1. The Hall–Kier alpha value is -5.42. The van der Waals surface area contributed by atoms with Gasteiger partial charge in [0.2, 0.25) is 0 Å². The molecule has 0 aliphatic heterocycles. The minimum Gasteiger partial charge on any atom is -0.120 e. The summed E-state index contributed by atoms with van der Waals surface area (Å²) in [6.45, 7) is 8.99. The molecule has 0 N–H and O–H groups in total. The van der Waals surface area contributed by atoms with Crippen LogP contribution in [0.4, 0.5) is 0 Å². The summed E-state index contributed by atoms with van der Waals surface area (Å²) in [5.74, 6) is 0.408. The summed E-state index contributed by atoms with van der Waals surface area (Å²) < 4.78 is 0. The average Bonchev–Trinajstić information content (AvgIpc) is 3.35. The lowest BCUT2D eigenvalue weighted by Crippen LogP contribution is -2.02.